The second-order valence-electron chi connectivity index (χ2n) is 5.91. The number of nitrogen functional groups attached to an aromatic ring is 1. The minimum atomic E-state index is 0.552. The first-order chi connectivity index (χ1) is 13.2. The molecule has 0 aliphatic rings. The summed E-state index contributed by atoms with van der Waals surface area (Å²) in [4.78, 5) is 9.33. The van der Waals surface area contributed by atoms with Gasteiger partial charge in [0.15, 0.2) is 5.82 Å². The van der Waals surface area contributed by atoms with Crippen molar-refractivity contribution in [1.82, 2.24) is 24.8 Å². The molecule has 27 heavy (non-hydrogen) atoms. The summed E-state index contributed by atoms with van der Waals surface area (Å²) in [5.74, 6) is 8.08. The highest BCUT2D eigenvalue weighted by Gasteiger charge is 2.16. The number of fused-ring (bicyclic) bond motifs is 1. The van der Waals surface area contributed by atoms with Gasteiger partial charge in [-0.15, -0.1) is 10.2 Å². The lowest BCUT2D eigenvalue weighted by atomic mass is 10.2. The summed E-state index contributed by atoms with van der Waals surface area (Å²) in [6.45, 7) is 1.96. The van der Waals surface area contributed by atoms with Crippen molar-refractivity contribution in [2.45, 2.75) is 17.8 Å². The summed E-state index contributed by atoms with van der Waals surface area (Å²) >= 11 is 1.47. The number of hydrogen-bond acceptors (Lipinski definition) is 7. The van der Waals surface area contributed by atoms with Crippen LogP contribution in [0.5, 0.6) is 5.75 Å². The quantitative estimate of drug-likeness (QED) is 0.421. The number of nitrogens with two attached hydrogens (primary N) is 1. The second kappa shape index (κ2) is 7.24. The van der Waals surface area contributed by atoms with Gasteiger partial charge in [-0.05, 0) is 31.2 Å². The standard InChI is InChI=1S/C19H18N6OS/c1-12-16(22-15-9-5-4-8-14(15)21-12)11-27-19-24-23-18(25(19)20)13-7-3-6-10-17(13)26-2/h3-10H,11,20H2,1-2H3. The number of aryl methyl sites for hydroxylation is 1. The number of thioether (sulfide) groups is 1. The van der Waals surface area contributed by atoms with E-state index in [0.717, 1.165) is 28.0 Å². The van der Waals surface area contributed by atoms with E-state index in [4.69, 9.17) is 15.6 Å². The van der Waals surface area contributed by atoms with E-state index in [1.165, 1.54) is 16.4 Å². The van der Waals surface area contributed by atoms with E-state index >= 15 is 0 Å². The van der Waals surface area contributed by atoms with E-state index in [1.54, 1.807) is 7.11 Å². The molecule has 7 nitrogen and oxygen atoms in total. The van der Waals surface area contributed by atoms with Crippen molar-refractivity contribution >= 4 is 22.8 Å². The van der Waals surface area contributed by atoms with Crippen LogP contribution in [0.3, 0.4) is 0 Å². The van der Waals surface area contributed by atoms with Crippen molar-refractivity contribution in [2.24, 2.45) is 0 Å². The lowest BCUT2D eigenvalue weighted by Gasteiger charge is -2.08. The molecule has 0 spiro atoms. The number of nitrogens with zero attached hydrogens (tertiary/aromatic N) is 5. The van der Waals surface area contributed by atoms with Gasteiger partial charge in [0.2, 0.25) is 5.16 Å². The van der Waals surface area contributed by atoms with Gasteiger partial charge in [-0.25, -0.2) is 14.6 Å². The number of benzene rings is 2. The molecule has 2 aromatic carbocycles. The minimum absolute atomic E-state index is 0.552. The number of methoxy groups -OCH3 is 1. The van der Waals surface area contributed by atoms with Gasteiger partial charge in [-0.2, -0.15) is 0 Å². The second-order valence-corrected chi connectivity index (χ2v) is 6.85. The van der Waals surface area contributed by atoms with Gasteiger partial charge >= 0.3 is 0 Å². The van der Waals surface area contributed by atoms with Crippen LogP contribution in [0.25, 0.3) is 22.4 Å². The zero-order valence-corrected chi connectivity index (χ0v) is 15.8. The van der Waals surface area contributed by atoms with Crippen LogP contribution in [0.2, 0.25) is 0 Å². The Morgan fingerprint density at radius 1 is 1.00 bits per heavy atom. The number of aromatic nitrogens is 5. The SMILES string of the molecule is COc1ccccc1-c1nnc(SCc2nc3ccccc3nc2C)n1N. The maximum absolute atomic E-state index is 6.23. The zero-order valence-electron chi connectivity index (χ0n) is 15.0. The Labute approximate surface area is 160 Å². The molecule has 0 radical (unpaired) electrons. The fourth-order valence-electron chi connectivity index (χ4n) is 2.78. The monoisotopic (exact) mass is 378 g/mol. The van der Waals surface area contributed by atoms with E-state index in [2.05, 4.69) is 15.2 Å². The molecule has 0 atom stereocenters. The van der Waals surface area contributed by atoms with Crippen LogP contribution in [-0.2, 0) is 5.75 Å². The molecule has 2 aromatic heterocycles. The molecule has 0 saturated carbocycles. The Morgan fingerprint density at radius 3 is 2.48 bits per heavy atom. The number of hydrogen-bond donors (Lipinski definition) is 1. The lowest BCUT2D eigenvalue weighted by Crippen LogP contribution is -2.12. The average Bonchev–Trinajstić information content (AvgIpc) is 3.06. The van der Waals surface area contributed by atoms with Gasteiger partial charge in [-0.1, -0.05) is 36.0 Å². The van der Waals surface area contributed by atoms with Gasteiger partial charge < -0.3 is 10.6 Å². The van der Waals surface area contributed by atoms with Crippen LogP contribution in [0.1, 0.15) is 11.4 Å². The highest BCUT2D eigenvalue weighted by molar-refractivity contribution is 7.98. The zero-order chi connectivity index (χ0) is 18.8. The Kier molecular flexibility index (Phi) is 4.64. The topological polar surface area (TPSA) is 91.7 Å². The average molecular weight is 378 g/mol. The maximum Gasteiger partial charge on any atom is 0.210 e. The summed E-state index contributed by atoms with van der Waals surface area (Å²) in [6.07, 6.45) is 0. The predicted octanol–water partition coefficient (Wildman–Crippen LogP) is 3.21. The summed E-state index contributed by atoms with van der Waals surface area (Å²) < 4.78 is 6.87. The Morgan fingerprint density at radius 2 is 1.70 bits per heavy atom. The number of rotatable bonds is 5. The number of ether oxygens (including phenoxy) is 1. The molecule has 0 saturated heterocycles. The Hall–Kier alpha value is -3.13. The summed E-state index contributed by atoms with van der Waals surface area (Å²) in [5.41, 5.74) is 4.37. The van der Waals surface area contributed by atoms with E-state index in [9.17, 15) is 0 Å². The van der Waals surface area contributed by atoms with Crippen molar-refractivity contribution in [2.75, 3.05) is 13.0 Å². The van der Waals surface area contributed by atoms with Crippen LogP contribution >= 0.6 is 11.8 Å². The van der Waals surface area contributed by atoms with Gasteiger partial charge in [0, 0.05) is 5.75 Å². The first kappa shape index (κ1) is 17.3. The van der Waals surface area contributed by atoms with Crippen LogP contribution < -0.4 is 10.6 Å². The van der Waals surface area contributed by atoms with Crippen molar-refractivity contribution in [1.29, 1.82) is 0 Å². The maximum atomic E-state index is 6.23. The molecular formula is C19H18N6OS. The third-order valence-electron chi connectivity index (χ3n) is 4.19. The Balaban J connectivity index is 1.60. The fourth-order valence-corrected chi connectivity index (χ4v) is 3.65. The smallest absolute Gasteiger partial charge is 0.210 e. The van der Waals surface area contributed by atoms with Crippen LogP contribution in [-0.4, -0.2) is 32.0 Å². The summed E-state index contributed by atoms with van der Waals surface area (Å²) in [6, 6.07) is 15.4. The van der Waals surface area contributed by atoms with Gasteiger partial charge in [0.05, 0.1) is 35.1 Å². The van der Waals surface area contributed by atoms with E-state index in [-0.39, 0.29) is 0 Å². The molecule has 0 aliphatic heterocycles. The van der Waals surface area contributed by atoms with E-state index in [0.29, 0.717) is 22.5 Å². The molecule has 0 amide bonds. The molecule has 8 heteroatoms. The molecule has 0 unspecified atom stereocenters. The molecule has 4 aromatic rings. The predicted molar refractivity (Wildman–Crippen MR) is 106 cm³/mol. The third kappa shape index (κ3) is 3.31. The van der Waals surface area contributed by atoms with E-state index < -0.39 is 0 Å². The minimum Gasteiger partial charge on any atom is -0.496 e. The van der Waals surface area contributed by atoms with Crippen molar-refractivity contribution in [3.8, 4) is 17.1 Å². The molecule has 2 heterocycles. The highest BCUT2D eigenvalue weighted by Crippen LogP contribution is 2.30. The normalized spacial score (nSPS) is 11.0. The molecule has 0 aliphatic carbocycles. The van der Waals surface area contributed by atoms with Gasteiger partial charge in [-0.3, -0.25) is 0 Å². The lowest BCUT2D eigenvalue weighted by molar-refractivity contribution is 0.416. The molecule has 2 N–H and O–H groups in total. The number of para-hydroxylation sites is 3. The third-order valence-corrected chi connectivity index (χ3v) is 5.15. The van der Waals surface area contributed by atoms with E-state index in [1.807, 2.05) is 55.5 Å². The first-order valence-corrected chi connectivity index (χ1v) is 9.35. The first-order valence-electron chi connectivity index (χ1n) is 8.36. The van der Waals surface area contributed by atoms with Crippen molar-refractivity contribution in [3.05, 3.63) is 59.9 Å². The summed E-state index contributed by atoms with van der Waals surface area (Å²) in [5, 5.41) is 9.05. The molecule has 0 bridgehead atoms. The van der Waals surface area contributed by atoms with Crippen molar-refractivity contribution in [3.63, 3.8) is 0 Å². The highest BCUT2D eigenvalue weighted by atomic mass is 32.2. The molecule has 4 rings (SSSR count). The van der Waals surface area contributed by atoms with Crippen LogP contribution in [0.4, 0.5) is 0 Å². The molecular weight excluding hydrogens is 360 g/mol. The van der Waals surface area contributed by atoms with Crippen molar-refractivity contribution < 1.29 is 4.74 Å². The van der Waals surface area contributed by atoms with Crippen LogP contribution in [0, 0.1) is 6.92 Å². The summed E-state index contributed by atoms with van der Waals surface area (Å²) in [7, 11) is 1.62. The van der Waals surface area contributed by atoms with Crippen LogP contribution in [0.15, 0.2) is 53.7 Å². The van der Waals surface area contributed by atoms with Gasteiger partial charge in [0.1, 0.15) is 5.75 Å². The molecule has 136 valence electrons. The Bertz CT molecular complexity index is 1110. The fraction of sp³-hybridized carbons (Fsp3) is 0.158. The largest absolute Gasteiger partial charge is 0.496 e. The van der Waals surface area contributed by atoms with Gasteiger partial charge in [0.25, 0.3) is 0 Å². The molecule has 0 fully saturated rings.